The number of nitrogens with one attached hydrogen (secondary N) is 2. The molecule has 1 atom stereocenters. The van der Waals surface area contributed by atoms with Crippen molar-refractivity contribution in [3.63, 3.8) is 0 Å². The van der Waals surface area contributed by atoms with E-state index in [2.05, 4.69) is 10.6 Å². The molecule has 0 bridgehead atoms. The molecule has 1 saturated carbocycles. The maximum absolute atomic E-state index is 12.7. The lowest BCUT2D eigenvalue weighted by Crippen LogP contribution is -2.28. The summed E-state index contributed by atoms with van der Waals surface area (Å²) in [6, 6.07) is 14.6. The van der Waals surface area contributed by atoms with Crippen molar-refractivity contribution in [2.75, 3.05) is 12.4 Å². The van der Waals surface area contributed by atoms with Gasteiger partial charge in [0.1, 0.15) is 5.75 Å². The highest BCUT2D eigenvalue weighted by atomic mass is 16.5. The molecule has 0 aliphatic heterocycles. The highest BCUT2D eigenvalue weighted by Gasteiger charge is 2.29. The standard InChI is InChI=1S/C21H24N2O3/c1-3-18(17-9-4-5-10-19(17)26-2)23-21(25)15-7-6-8-16(13-15)22-20(24)14-11-12-14/h4-10,13-14,18H,3,11-12H2,1-2H3,(H,22,24)(H,23,25). The van der Waals surface area contributed by atoms with Gasteiger partial charge in [-0.25, -0.2) is 0 Å². The first-order valence-corrected chi connectivity index (χ1v) is 8.97. The first-order valence-electron chi connectivity index (χ1n) is 8.97. The Bertz CT molecular complexity index is 799. The zero-order valence-electron chi connectivity index (χ0n) is 15.1. The molecule has 3 rings (SSSR count). The van der Waals surface area contributed by atoms with E-state index < -0.39 is 0 Å². The summed E-state index contributed by atoms with van der Waals surface area (Å²) < 4.78 is 5.41. The largest absolute Gasteiger partial charge is 0.496 e. The van der Waals surface area contributed by atoms with E-state index in [4.69, 9.17) is 4.74 Å². The van der Waals surface area contributed by atoms with E-state index in [1.165, 1.54) is 0 Å². The summed E-state index contributed by atoms with van der Waals surface area (Å²) in [6.07, 6.45) is 2.64. The van der Waals surface area contributed by atoms with Crippen molar-refractivity contribution in [1.29, 1.82) is 0 Å². The van der Waals surface area contributed by atoms with Gasteiger partial charge in [-0.05, 0) is 43.5 Å². The molecule has 1 unspecified atom stereocenters. The number of methoxy groups -OCH3 is 1. The van der Waals surface area contributed by atoms with Gasteiger partial charge >= 0.3 is 0 Å². The average Bonchev–Trinajstić information content (AvgIpc) is 3.51. The van der Waals surface area contributed by atoms with Crippen LogP contribution in [-0.4, -0.2) is 18.9 Å². The molecule has 1 aliphatic carbocycles. The van der Waals surface area contributed by atoms with Gasteiger partial charge in [0.05, 0.1) is 13.2 Å². The van der Waals surface area contributed by atoms with Crippen molar-refractivity contribution in [2.24, 2.45) is 5.92 Å². The normalized spacial score (nSPS) is 14.4. The fourth-order valence-electron chi connectivity index (χ4n) is 2.92. The van der Waals surface area contributed by atoms with Crippen molar-refractivity contribution in [3.8, 4) is 5.75 Å². The number of anilines is 1. The predicted octanol–water partition coefficient (Wildman–Crippen LogP) is 3.92. The molecule has 26 heavy (non-hydrogen) atoms. The van der Waals surface area contributed by atoms with Crippen LogP contribution in [0.1, 0.15) is 48.1 Å². The van der Waals surface area contributed by atoms with Gasteiger partial charge in [-0.3, -0.25) is 9.59 Å². The van der Waals surface area contributed by atoms with Gasteiger partial charge in [0.25, 0.3) is 5.91 Å². The van der Waals surface area contributed by atoms with Gasteiger partial charge in [-0.15, -0.1) is 0 Å². The molecule has 0 radical (unpaired) electrons. The van der Waals surface area contributed by atoms with E-state index in [9.17, 15) is 9.59 Å². The van der Waals surface area contributed by atoms with Crippen LogP contribution in [0, 0.1) is 5.92 Å². The lowest BCUT2D eigenvalue weighted by Gasteiger charge is -2.20. The summed E-state index contributed by atoms with van der Waals surface area (Å²) >= 11 is 0. The summed E-state index contributed by atoms with van der Waals surface area (Å²) in [5.41, 5.74) is 2.12. The van der Waals surface area contributed by atoms with Crippen LogP contribution in [0.15, 0.2) is 48.5 Å². The first-order chi connectivity index (χ1) is 12.6. The fraction of sp³-hybridized carbons (Fsp3) is 0.333. The Balaban J connectivity index is 1.72. The van der Waals surface area contributed by atoms with Gasteiger partial charge in [0, 0.05) is 22.7 Å². The molecule has 2 aromatic rings. The fourth-order valence-corrected chi connectivity index (χ4v) is 2.92. The number of ether oxygens (including phenoxy) is 1. The van der Waals surface area contributed by atoms with Crippen LogP contribution in [0.2, 0.25) is 0 Å². The van der Waals surface area contributed by atoms with E-state index in [1.807, 2.05) is 31.2 Å². The third-order valence-corrected chi connectivity index (χ3v) is 4.57. The van der Waals surface area contributed by atoms with Crippen LogP contribution in [-0.2, 0) is 4.79 Å². The van der Waals surface area contributed by atoms with Gasteiger partial charge in [-0.1, -0.05) is 31.2 Å². The molecule has 0 heterocycles. The number of rotatable bonds is 7. The van der Waals surface area contributed by atoms with Crippen molar-refractivity contribution >= 4 is 17.5 Å². The summed E-state index contributed by atoms with van der Waals surface area (Å²) in [7, 11) is 1.62. The minimum Gasteiger partial charge on any atom is -0.496 e. The molecule has 0 saturated heterocycles. The van der Waals surface area contributed by atoms with Crippen molar-refractivity contribution in [2.45, 2.75) is 32.2 Å². The Kier molecular flexibility index (Phi) is 5.56. The van der Waals surface area contributed by atoms with Crippen LogP contribution in [0.5, 0.6) is 5.75 Å². The molecule has 5 nitrogen and oxygen atoms in total. The quantitative estimate of drug-likeness (QED) is 0.793. The Morgan fingerprint density at radius 3 is 2.62 bits per heavy atom. The molecule has 0 aromatic heterocycles. The Labute approximate surface area is 153 Å². The molecule has 136 valence electrons. The average molecular weight is 352 g/mol. The van der Waals surface area contributed by atoms with E-state index >= 15 is 0 Å². The molecule has 5 heteroatoms. The summed E-state index contributed by atoms with van der Waals surface area (Å²) in [5.74, 6) is 0.737. The highest BCUT2D eigenvalue weighted by Crippen LogP contribution is 2.30. The Hall–Kier alpha value is -2.82. The Morgan fingerprint density at radius 2 is 1.92 bits per heavy atom. The SMILES string of the molecule is CCC(NC(=O)c1cccc(NC(=O)C2CC2)c1)c1ccccc1OC. The minimum atomic E-state index is -0.176. The van der Waals surface area contributed by atoms with Gasteiger partial charge in [0.15, 0.2) is 0 Å². The monoisotopic (exact) mass is 352 g/mol. The number of amides is 2. The molecule has 0 spiro atoms. The van der Waals surface area contributed by atoms with E-state index in [0.29, 0.717) is 11.3 Å². The molecular weight excluding hydrogens is 328 g/mol. The molecule has 2 amide bonds. The lowest BCUT2D eigenvalue weighted by atomic mass is 10.0. The number of benzene rings is 2. The molecule has 1 fully saturated rings. The van der Waals surface area contributed by atoms with Crippen LogP contribution < -0.4 is 15.4 Å². The highest BCUT2D eigenvalue weighted by molar-refractivity contribution is 5.98. The van der Waals surface area contributed by atoms with Crippen LogP contribution in [0.3, 0.4) is 0 Å². The number of carbonyl (C=O) groups excluding carboxylic acids is 2. The lowest BCUT2D eigenvalue weighted by molar-refractivity contribution is -0.117. The maximum atomic E-state index is 12.7. The zero-order chi connectivity index (χ0) is 18.5. The zero-order valence-corrected chi connectivity index (χ0v) is 15.1. The van der Waals surface area contributed by atoms with E-state index in [1.54, 1.807) is 31.4 Å². The summed E-state index contributed by atoms with van der Waals surface area (Å²) in [6.45, 7) is 2.02. The van der Waals surface area contributed by atoms with Gasteiger partial charge in [0.2, 0.25) is 5.91 Å². The first kappa shape index (κ1) is 18.0. The van der Waals surface area contributed by atoms with Crippen molar-refractivity contribution in [3.05, 3.63) is 59.7 Å². The third-order valence-electron chi connectivity index (χ3n) is 4.57. The topological polar surface area (TPSA) is 67.4 Å². The number of hydrogen-bond acceptors (Lipinski definition) is 3. The van der Waals surface area contributed by atoms with Crippen molar-refractivity contribution < 1.29 is 14.3 Å². The van der Waals surface area contributed by atoms with Crippen LogP contribution >= 0.6 is 0 Å². The molecule has 1 aliphatic rings. The third kappa shape index (κ3) is 4.23. The van der Waals surface area contributed by atoms with Crippen LogP contribution in [0.4, 0.5) is 5.69 Å². The minimum absolute atomic E-state index is 0.0306. The Morgan fingerprint density at radius 1 is 1.15 bits per heavy atom. The van der Waals surface area contributed by atoms with E-state index in [-0.39, 0.29) is 23.8 Å². The molecule has 2 N–H and O–H groups in total. The van der Waals surface area contributed by atoms with E-state index in [0.717, 1.165) is 30.6 Å². The number of carbonyl (C=O) groups is 2. The second-order valence-electron chi connectivity index (χ2n) is 6.52. The predicted molar refractivity (Wildman–Crippen MR) is 101 cm³/mol. The summed E-state index contributed by atoms with van der Waals surface area (Å²) in [5, 5.41) is 5.94. The number of hydrogen-bond donors (Lipinski definition) is 2. The maximum Gasteiger partial charge on any atom is 0.251 e. The van der Waals surface area contributed by atoms with Crippen LogP contribution in [0.25, 0.3) is 0 Å². The smallest absolute Gasteiger partial charge is 0.251 e. The molecular formula is C21H24N2O3. The second kappa shape index (κ2) is 8.04. The van der Waals surface area contributed by atoms with Crippen molar-refractivity contribution in [1.82, 2.24) is 5.32 Å². The summed E-state index contributed by atoms with van der Waals surface area (Å²) in [4.78, 5) is 24.6. The molecule has 2 aromatic carbocycles. The van der Waals surface area contributed by atoms with Gasteiger partial charge < -0.3 is 15.4 Å². The van der Waals surface area contributed by atoms with Gasteiger partial charge in [-0.2, -0.15) is 0 Å². The second-order valence-corrected chi connectivity index (χ2v) is 6.52. The number of para-hydroxylation sites is 1.